The number of fused-ring (bicyclic) bond motifs is 1. The normalized spacial score (nSPS) is 31.2. The van der Waals surface area contributed by atoms with E-state index in [1.165, 1.54) is 0 Å². The van der Waals surface area contributed by atoms with Gasteiger partial charge in [0.05, 0.1) is 19.7 Å². The van der Waals surface area contributed by atoms with Crippen LogP contribution in [0.5, 0.6) is 0 Å². The van der Waals surface area contributed by atoms with Crippen LogP contribution in [0, 0.1) is 5.21 Å². The van der Waals surface area contributed by atoms with Gasteiger partial charge in [0, 0.05) is 12.0 Å². The van der Waals surface area contributed by atoms with Crippen molar-refractivity contribution in [2.75, 3.05) is 19.7 Å². The number of carbonyl (C=O) groups excluding carboxylic acids is 1. The minimum atomic E-state index is -1.73. The Balaban J connectivity index is 1.80. The second-order valence-corrected chi connectivity index (χ2v) is 6.55. The Hall–Kier alpha value is -1.73. The van der Waals surface area contributed by atoms with Crippen molar-refractivity contribution in [3.05, 3.63) is 52.8 Å². The quantitative estimate of drug-likeness (QED) is 0.366. The van der Waals surface area contributed by atoms with E-state index in [4.69, 9.17) is 4.74 Å². The summed E-state index contributed by atoms with van der Waals surface area (Å²) in [6.07, 6.45) is 1.73. The molecular weight excluding hydrogens is 310 g/mol. The lowest BCUT2D eigenvalue weighted by Gasteiger charge is -2.40. The van der Waals surface area contributed by atoms with Crippen molar-refractivity contribution in [3.63, 3.8) is 0 Å². The predicted molar refractivity (Wildman–Crippen MR) is 87.4 cm³/mol. The SMILES string of the molecule is CC[C@@](O)(C(=O)O[C@H]1CC[N+]2([O-])CC=C(CO)[C@H]12)c1ccccc1. The standard InChI is InChI=1S/C18H23NO5/c1-2-18(22,14-6-4-3-5-7-14)17(21)24-15-9-11-19(23)10-8-13(12-20)16(15)19/h3-8,15-16,20,22H,2,9-12H2,1H3/t15-,16+,18-,19?/m0/s1. The number of hydrogen-bond acceptors (Lipinski definition) is 5. The molecule has 2 N–H and O–H groups in total. The maximum Gasteiger partial charge on any atom is 0.343 e. The highest BCUT2D eigenvalue weighted by atomic mass is 16.6. The Morgan fingerprint density at radius 2 is 2.12 bits per heavy atom. The summed E-state index contributed by atoms with van der Waals surface area (Å²) >= 11 is 0. The monoisotopic (exact) mass is 333 g/mol. The molecule has 3 rings (SSSR count). The van der Waals surface area contributed by atoms with Gasteiger partial charge in [-0.1, -0.05) is 37.3 Å². The number of quaternary nitrogens is 1. The number of ether oxygens (including phenoxy) is 1. The number of aliphatic hydroxyl groups is 2. The van der Waals surface area contributed by atoms with E-state index < -0.39 is 28.4 Å². The first-order valence-electron chi connectivity index (χ1n) is 8.31. The van der Waals surface area contributed by atoms with E-state index in [-0.39, 0.29) is 13.0 Å². The summed E-state index contributed by atoms with van der Waals surface area (Å²) in [4.78, 5) is 12.7. The molecular formula is C18H23NO5. The highest BCUT2D eigenvalue weighted by Gasteiger charge is 2.51. The molecule has 24 heavy (non-hydrogen) atoms. The third-order valence-corrected chi connectivity index (χ3v) is 5.24. The van der Waals surface area contributed by atoms with Gasteiger partial charge in [-0.05, 0) is 18.1 Å². The molecule has 1 unspecified atom stereocenters. The summed E-state index contributed by atoms with van der Waals surface area (Å²) in [6, 6.07) is 8.12. The lowest BCUT2D eigenvalue weighted by atomic mass is 9.91. The smallest absolute Gasteiger partial charge is 0.343 e. The van der Waals surface area contributed by atoms with Crippen molar-refractivity contribution in [1.82, 2.24) is 0 Å². The van der Waals surface area contributed by atoms with E-state index in [1.54, 1.807) is 37.3 Å². The highest BCUT2D eigenvalue weighted by molar-refractivity contribution is 5.81. The van der Waals surface area contributed by atoms with Gasteiger partial charge in [-0.3, -0.25) is 0 Å². The van der Waals surface area contributed by atoms with Gasteiger partial charge in [0.15, 0.2) is 17.7 Å². The summed E-state index contributed by atoms with van der Waals surface area (Å²) in [6.45, 7) is 2.15. The maximum absolute atomic E-state index is 12.7. The first-order chi connectivity index (χ1) is 11.4. The van der Waals surface area contributed by atoms with Gasteiger partial charge in [0.2, 0.25) is 0 Å². The Bertz CT molecular complexity index is 646. The van der Waals surface area contributed by atoms with Crippen molar-refractivity contribution in [1.29, 1.82) is 0 Å². The van der Waals surface area contributed by atoms with Crippen molar-refractivity contribution in [2.45, 2.75) is 37.5 Å². The predicted octanol–water partition coefficient (Wildman–Crippen LogP) is 1.22. The summed E-state index contributed by atoms with van der Waals surface area (Å²) < 4.78 is 5.09. The van der Waals surface area contributed by atoms with Crippen molar-refractivity contribution in [3.8, 4) is 0 Å². The summed E-state index contributed by atoms with van der Waals surface area (Å²) in [5.74, 6) is -0.737. The number of hydroxylamine groups is 3. The molecule has 0 radical (unpaired) electrons. The van der Waals surface area contributed by atoms with Gasteiger partial charge in [0.25, 0.3) is 0 Å². The molecule has 0 aliphatic carbocycles. The van der Waals surface area contributed by atoms with Crippen LogP contribution >= 0.6 is 0 Å². The zero-order valence-corrected chi connectivity index (χ0v) is 13.7. The fraction of sp³-hybridized carbons (Fsp3) is 0.500. The number of hydrogen-bond donors (Lipinski definition) is 2. The third-order valence-electron chi connectivity index (χ3n) is 5.24. The molecule has 1 aromatic carbocycles. The molecule has 2 aliphatic rings. The van der Waals surface area contributed by atoms with E-state index in [0.29, 0.717) is 30.6 Å². The second kappa shape index (κ2) is 6.29. The number of esters is 1. The molecule has 0 bridgehead atoms. The molecule has 4 atom stereocenters. The van der Waals surface area contributed by atoms with Crippen LogP contribution in [-0.4, -0.2) is 52.7 Å². The van der Waals surface area contributed by atoms with Gasteiger partial charge in [-0.25, -0.2) is 4.79 Å². The van der Waals surface area contributed by atoms with E-state index in [0.717, 1.165) is 0 Å². The largest absolute Gasteiger partial charge is 0.632 e. The minimum Gasteiger partial charge on any atom is -0.632 e. The number of aliphatic hydroxyl groups excluding tert-OH is 1. The van der Waals surface area contributed by atoms with Gasteiger partial charge in [0.1, 0.15) is 0 Å². The second-order valence-electron chi connectivity index (χ2n) is 6.55. The van der Waals surface area contributed by atoms with Crippen LogP contribution in [0.3, 0.4) is 0 Å². The Morgan fingerprint density at radius 1 is 1.42 bits per heavy atom. The first kappa shape index (κ1) is 17.1. The highest BCUT2D eigenvalue weighted by Crippen LogP contribution is 2.38. The van der Waals surface area contributed by atoms with Gasteiger partial charge >= 0.3 is 5.97 Å². The van der Waals surface area contributed by atoms with E-state index in [2.05, 4.69) is 0 Å². The van der Waals surface area contributed by atoms with Crippen LogP contribution < -0.4 is 0 Å². The van der Waals surface area contributed by atoms with E-state index >= 15 is 0 Å². The molecule has 0 amide bonds. The van der Waals surface area contributed by atoms with E-state index in [9.17, 15) is 20.2 Å². The third kappa shape index (κ3) is 2.65. The van der Waals surface area contributed by atoms with Crippen LogP contribution in [0.2, 0.25) is 0 Å². The molecule has 6 nitrogen and oxygen atoms in total. The van der Waals surface area contributed by atoms with Crippen molar-refractivity contribution >= 4 is 5.97 Å². The summed E-state index contributed by atoms with van der Waals surface area (Å²) in [5, 5.41) is 33.0. The molecule has 2 aliphatic heterocycles. The van der Waals surface area contributed by atoms with Crippen LogP contribution in [0.15, 0.2) is 42.0 Å². The zero-order chi connectivity index (χ0) is 17.4. The van der Waals surface area contributed by atoms with Gasteiger partial charge in [-0.2, -0.15) is 0 Å². The summed E-state index contributed by atoms with van der Waals surface area (Å²) in [5.41, 5.74) is -0.632. The van der Waals surface area contributed by atoms with Crippen LogP contribution in [-0.2, 0) is 15.1 Å². The molecule has 0 spiro atoms. The Kier molecular flexibility index (Phi) is 4.48. The molecule has 1 fully saturated rings. The molecule has 130 valence electrons. The van der Waals surface area contributed by atoms with Gasteiger partial charge < -0.3 is 24.8 Å². The number of rotatable bonds is 5. The minimum absolute atomic E-state index is 0.174. The average Bonchev–Trinajstić information content (AvgIpc) is 3.10. The van der Waals surface area contributed by atoms with Crippen LogP contribution in [0.25, 0.3) is 0 Å². The van der Waals surface area contributed by atoms with Crippen LogP contribution in [0.4, 0.5) is 0 Å². The first-order valence-corrected chi connectivity index (χ1v) is 8.31. The lowest BCUT2D eigenvalue weighted by Crippen LogP contribution is -2.49. The molecule has 0 aromatic heterocycles. The number of nitrogens with zero attached hydrogens (tertiary/aromatic N) is 1. The Labute approximate surface area is 141 Å². The fourth-order valence-corrected chi connectivity index (χ4v) is 3.78. The van der Waals surface area contributed by atoms with Crippen LogP contribution in [0.1, 0.15) is 25.3 Å². The molecule has 1 saturated heterocycles. The molecule has 2 heterocycles. The lowest BCUT2D eigenvalue weighted by molar-refractivity contribution is -0.877. The summed E-state index contributed by atoms with van der Waals surface area (Å²) in [7, 11) is 0. The zero-order valence-electron chi connectivity index (χ0n) is 13.7. The molecule has 0 saturated carbocycles. The number of benzene rings is 1. The Morgan fingerprint density at radius 3 is 2.75 bits per heavy atom. The van der Waals surface area contributed by atoms with Gasteiger partial charge in [-0.15, -0.1) is 0 Å². The van der Waals surface area contributed by atoms with E-state index in [1.807, 2.05) is 6.07 Å². The molecule has 1 aromatic rings. The topological polar surface area (TPSA) is 89.8 Å². The number of carbonyl (C=O) groups is 1. The van der Waals surface area contributed by atoms with Crippen molar-refractivity contribution < 1.29 is 24.4 Å². The average molecular weight is 333 g/mol. The molecule has 6 heteroatoms. The fourth-order valence-electron chi connectivity index (χ4n) is 3.78. The van der Waals surface area contributed by atoms with Crippen molar-refractivity contribution in [2.24, 2.45) is 0 Å². The maximum atomic E-state index is 12.7.